The normalized spacial score (nSPS) is 11.7. The summed E-state index contributed by atoms with van der Waals surface area (Å²) in [6.07, 6.45) is 3.94. The summed E-state index contributed by atoms with van der Waals surface area (Å²) in [7, 11) is 7.17. The third-order valence-electron chi connectivity index (χ3n) is 7.22. The maximum absolute atomic E-state index is 12.1. The zero-order chi connectivity index (χ0) is 31.3. The number of hydrogen-bond donors (Lipinski definition) is 3. The van der Waals surface area contributed by atoms with Gasteiger partial charge in [-0.3, -0.25) is 4.79 Å². The van der Waals surface area contributed by atoms with Crippen molar-refractivity contribution in [3.63, 3.8) is 0 Å². The highest BCUT2D eigenvalue weighted by Crippen LogP contribution is 2.46. The van der Waals surface area contributed by atoms with E-state index in [2.05, 4.69) is 53.4 Å². The molecule has 3 N–H and O–H groups in total. The topological polar surface area (TPSA) is 101 Å². The van der Waals surface area contributed by atoms with Gasteiger partial charge in [0.05, 0.1) is 41.3 Å². The fourth-order valence-electron chi connectivity index (χ4n) is 4.74. The van der Waals surface area contributed by atoms with E-state index in [0.717, 1.165) is 28.4 Å². The number of halogens is 2. The second-order valence-corrected chi connectivity index (χ2v) is 10.9. The van der Waals surface area contributed by atoms with E-state index in [1.807, 2.05) is 37.3 Å². The molecule has 0 saturated carbocycles. The van der Waals surface area contributed by atoms with Gasteiger partial charge >= 0.3 is 0 Å². The number of benzene rings is 2. The second-order valence-electron chi connectivity index (χ2n) is 10.2. The predicted octanol–water partition coefficient (Wildman–Crippen LogP) is 7.55. The number of methoxy groups -OCH3 is 2. The van der Waals surface area contributed by atoms with Gasteiger partial charge in [0, 0.05) is 41.2 Å². The van der Waals surface area contributed by atoms with Gasteiger partial charge in [0.15, 0.2) is 0 Å². The van der Waals surface area contributed by atoms with Crippen LogP contribution in [0.3, 0.4) is 0 Å². The number of hydrogen-bond acceptors (Lipinski definition) is 8. The number of anilines is 4. The number of amides is 1. The van der Waals surface area contributed by atoms with Gasteiger partial charge in [-0.1, -0.05) is 48.8 Å². The summed E-state index contributed by atoms with van der Waals surface area (Å²) in [6.45, 7) is 8.30. The van der Waals surface area contributed by atoms with Crippen molar-refractivity contribution >= 4 is 62.9 Å². The first-order valence-corrected chi connectivity index (χ1v) is 14.5. The van der Waals surface area contributed by atoms with E-state index in [1.54, 1.807) is 12.3 Å². The SMILES string of the molecule is C=CC(=O)Nc1cccc(C)c1Nc1cc2c(NCC(CC)N(C)C)nc(-c3c(Cl)c(OC)cc(OC)c3Cl)cc2cn1. The van der Waals surface area contributed by atoms with Crippen molar-refractivity contribution in [2.24, 2.45) is 0 Å². The third kappa shape index (κ3) is 6.96. The summed E-state index contributed by atoms with van der Waals surface area (Å²) in [5, 5.41) is 12.1. The number of para-hydroxylation sites is 1. The van der Waals surface area contributed by atoms with Crippen molar-refractivity contribution < 1.29 is 14.3 Å². The number of aromatic nitrogens is 2. The second kappa shape index (κ2) is 13.9. The maximum atomic E-state index is 12.1. The van der Waals surface area contributed by atoms with Crippen molar-refractivity contribution in [3.8, 4) is 22.8 Å². The zero-order valence-electron chi connectivity index (χ0n) is 25.1. The molecule has 11 heteroatoms. The van der Waals surface area contributed by atoms with Crippen LogP contribution in [0.4, 0.5) is 23.0 Å². The Bertz CT molecular complexity index is 1630. The van der Waals surface area contributed by atoms with Crippen LogP contribution in [0.5, 0.6) is 11.5 Å². The molecule has 1 atom stereocenters. The van der Waals surface area contributed by atoms with Gasteiger partial charge in [0.1, 0.15) is 23.1 Å². The smallest absolute Gasteiger partial charge is 0.247 e. The number of fused-ring (bicyclic) bond motifs is 1. The number of carbonyl (C=O) groups excluding carboxylic acids is 1. The molecule has 4 aromatic rings. The average Bonchev–Trinajstić information content (AvgIpc) is 2.99. The van der Waals surface area contributed by atoms with Crippen molar-refractivity contribution in [1.29, 1.82) is 0 Å². The molecule has 0 aliphatic heterocycles. The molecular formula is C32H36Cl2N6O3. The summed E-state index contributed by atoms with van der Waals surface area (Å²) in [5.41, 5.74) is 3.31. The Balaban J connectivity index is 1.87. The maximum Gasteiger partial charge on any atom is 0.247 e. The molecule has 0 radical (unpaired) electrons. The molecule has 0 saturated heterocycles. The minimum atomic E-state index is -0.304. The fraction of sp³-hybridized carbons (Fsp3) is 0.281. The molecule has 226 valence electrons. The Morgan fingerprint density at radius 2 is 1.81 bits per heavy atom. The molecule has 1 amide bonds. The summed E-state index contributed by atoms with van der Waals surface area (Å²) >= 11 is 13.5. The number of nitrogens with one attached hydrogen (secondary N) is 3. The van der Waals surface area contributed by atoms with Crippen LogP contribution < -0.4 is 25.4 Å². The lowest BCUT2D eigenvalue weighted by atomic mass is 10.1. The van der Waals surface area contributed by atoms with Crippen LogP contribution in [0.15, 0.2) is 55.3 Å². The van der Waals surface area contributed by atoms with Crippen molar-refractivity contribution in [3.05, 3.63) is 70.9 Å². The molecule has 2 aromatic carbocycles. The first-order valence-electron chi connectivity index (χ1n) is 13.7. The number of pyridine rings is 2. The number of likely N-dealkylation sites (N-methyl/N-ethyl adjacent to an activating group) is 1. The van der Waals surface area contributed by atoms with Crippen LogP contribution in [0, 0.1) is 6.92 Å². The molecule has 9 nitrogen and oxygen atoms in total. The molecule has 2 heterocycles. The molecule has 2 aromatic heterocycles. The van der Waals surface area contributed by atoms with Gasteiger partial charge in [-0.15, -0.1) is 0 Å². The van der Waals surface area contributed by atoms with E-state index in [1.165, 1.54) is 20.3 Å². The largest absolute Gasteiger partial charge is 0.495 e. The van der Waals surface area contributed by atoms with Gasteiger partial charge in [-0.25, -0.2) is 9.97 Å². The summed E-state index contributed by atoms with van der Waals surface area (Å²) in [4.78, 5) is 23.9. The minimum Gasteiger partial charge on any atom is -0.495 e. The van der Waals surface area contributed by atoms with Crippen LogP contribution in [-0.2, 0) is 4.79 Å². The van der Waals surface area contributed by atoms with Gasteiger partial charge in [-0.05, 0) is 57.3 Å². The van der Waals surface area contributed by atoms with E-state index in [9.17, 15) is 4.79 Å². The van der Waals surface area contributed by atoms with Crippen molar-refractivity contribution in [2.45, 2.75) is 26.3 Å². The zero-order valence-corrected chi connectivity index (χ0v) is 26.7. The average molecular weight is 624 g/mol. The van der Waals surface area contributed by atoms with E-state index in [-0.39, 0.29) is 11.9 Å². The van der Waals surface area contributed by atoms with Crippen LogP contribution in [-0.4, -0.2) is 61.7 Å². The highest BCUT2D eigenvalue weighted by Gasteiger charge is 2.22. The molecule has 0 spiro atoms. The van der Waals surface area contributed by atoms with Crippen LogP contribution >= 0.6 is 23.2 Å². The first-order chi connectivity index (χ1) is 20.6. The Morgan fingerprint density at radius 3 is 2.42 bits per heavy atom. The van der Waals surface area contributed by atoms with Gasteiger partial charge in [0.25, 0.3) is 0 Å². The van der Waals surface area contributed by atoms with E-state index in [0.29, 0.717) is 56.7 Å². The van der Waals surface area contributed by atoms with Gasteiger partial charge in [0.2, 0.25) is 5.91 Å². The predicted molar refractivity (Wildman–Crippen MR) is 178 cm³/mol. The molecule has 0 bridgehead atoms. The number of nitrogens with zero attached hydrogens (tertiary/aromatic N) is 3. The monoisotopic (exact) mass is 622 g/mol. The lowest BCUT2D eigenvalue weighted by molar-refractivity contribution is -0.111. The number of carbonyl (C=O) groups is 1. The quantitative estimate of drug-likeness (QED) is 0.139. The lowest BCUT2D eigenvalue weighted by Crippen LogP contribution is -2.34. The third-order valence-corrected chi connectivity index (χ3v) is 7.97. The van der Waals surface area contributed by atoms with E-state index >= 15 is 0 Å². The highest BCUT2D eigenvalue weighted by molar-refractivity contribution is 6.41. The standard InChI is InChI=1S/C32H36Cl2N6O3/c1-8-20(40(4)5)17-36-32-21-14-26(39-31-18(3)11-10-12-22(31)37-27(41)9-2)35-16-19(21)13-23(38-32)28-29(33)24(42-6)15-25(43-7)30(28)34/h9-16,20H,2,8,17H2,1,3-7H3,(H,35,39)(H,36,38)(H,37,41). The van der Waals surface area contributed by atoms with Crippen LogP contribution in [0.2, 0.25) is 10.0 Å². The fourth-order valence-corrected chi connectivity index (χ4v) is 5.44. The summed E-state index contributed by atoms with van der Waals surface area (Å²) in [5.74, 6) is 1.75. The molecule has 43 heavy (non-hydrogen) atoms. The van der Waals surface area contributed by atoms with E-state index < -0.39 is 0 Å². The minimum absolute atomic E-state index is 0.270. The van der Waals surface area contributed by atoms with Gasteiger partial charge < -0.3 is 30.3 Å². The number of ether oxygens (including phenoxy) is 2. The van der Waals surface area contributed by atoms with Crippen LogP contribution in [0.1, 0.15) is 18.9 Å². The summed E-state index contributed by atoms with van der Waals surface area (Å²) in [6, 6.07) is 11.4. The Kier molecular flexibility index (Phi) is 10.3. The van der Waals surface area contributed by atoms with Crippen molar-refractivity contribution in [2.75, 3.05) is 50.8 Å². The number of aryl methyl sites for hydroxylation is 1. The Morgan fingerprint density at radius 1 is 1.12 bits per heavy atom. The Labute approximate surface area is 262 Å². The van der Waals surface area contributed by atoms with Crippen molar-refractivity contribution in [1.82, 2.24) is 14.9 Å². The summed E-state index contributed by atoms with van der Waals surface area (Å²) < 4.78 is 11.0. The van der Waals surface area contributed by atoms with Crippen LogP contribution in [0.25, 0.3) is 22.0 Å². The highest BCUT2D eigenvalue weighted by atomic mass is 35.5. The van der Waals surface area contributed by atoms with Gasteiger partial charge in [-0.2, -0.15) is 0 Å². The molecule has 1 unspecified atom stereocenters. The first kappa shape index (κ1) is 31.9. The molecule has 4 rings (SSSR count). The molecule has 0 aliphatic rings. The molecule has 0 aliphatic carbocycles. The number of rotatable bonds is 12. The molecule has 0 fully saturated rings. The Hall–Kier alpha value is -4.05. The van der Waals surface area contributed by atoms with E-state index in [4.69, 9.17) is 37.7 Å². The lowest BCUT2D eigenvalue weighted by Gasteiger charge is -2.24. The molecular weight excluding hydrogens is 587 g/mol.